The molecule has 1 heterocycles. The number of rotatable bonds is 4. The summed E-state index contributed by atoms with van der Waals surface area (Å²) in [5, 5.41) is 8.10. The average Bonchev–Trinajstić information content (AvgIpc) is 2.64. The van der Waals surface area contributed by atoms with Crippen LogP contribution in [0, 0.1) is 6.92 Å². The Kier molecular flexibility index (Phi) is 4.66. The fourth-order valence-electron chi connectivity index (χ4n) is 0.873. The van der Waals surface area contributed by atoms with Gasteiger partial charge in [-0.3, -0.25) is 4.79 Å². The minimum absolute atomic E-state index is 0.121. The largest absolute Gasteiger partial charge is 0.344 e. The number of carbonyl (C=O) groups is 1. The van der Waals surface area contributed by atoms with Crippen LogP contribution >= 0.6 is 43.4 Å². The number of alkyl halides is 2. The van der Waals surface area contributed by atoms with Gasteiger partial charge in [0.1, 0.15) is 4.88 Å². The molecule has 4 nitrogen and oxygen atoms in total. The Morgan fingerprint density at radius 2 is 2.13 bits per heavy atom. The summed E-state index contributed by atoms with van der Waals surface area (Å²) >= 11 is 7.86. The lowest BCUT2D eigenvalue weighted by Gasteiger charge is -2.25. The summed E-state index contributed by atoms with van der Waals surface area (Å²) in [4.78, 5) is 12.4. The Bertz CT molecular complexity index is 351. The number of hydrogen-bond acceptors (Lipinski definition) is 4. The van der Waals surface area contributed by atoms with Gasteiger partial charge in [0.15, 0.2) is 0 Å². The highest BCUT2D eigenvalue weighted by atomic mass is 79.9. The smallest absolute Gasteiger partial charge is 0.265 e. The first-order valence-corrected chi connectivity index (χ1v) is 7.27. The van der Waals surface area contributed by atoms with E-state index in [0.29, 0.717) is 21.2 Å². The molecule has 0 radical (unpaired) electrons. The zero-order valence-corrected chi connectivity index (χ0v) is 12.4. The second-order valence-corrected chi connectivity index (χ2v) is 5.35. The molecular formula is C8H11Br2N3OS. The van der Waals surface area contributed by atoms with Crippen LogP contribution in [0.25, 0.3) is 0 Å². The van der Waals surface area contributed by atoms with Crippen molar-refractivity contribution in [3.63, 3.8) is 0 Å². The molecule has 0 aromatic carbocycles. The first kappa shape index (κ1) is 13.1. The van der Waals surface area contributed by atoms with Crippen molar-refractivity contribution in [2.24, 2.45) is 0 Å². The summed E-state index contributed by atoms with van der Waals surface area (Å²) in [6.07, 6.45) is 0. The summed E-state index contributed by atoms with van der Waals surface area (Å²) in [6.45, 7) is 3.73. The number of halogens is 2. The van der Waals surface area contributed by atoms with E-state index in [9.17, 15) is 4.79 Å². The summed E-state index contributed by atoms with van der Waals surface area (Å²) in [7, 11) is 0. The minimum atomic E-state index is -0.298. The van der Waals surface area contributed by atoms with E-state index in [2.05, 4.69) is 46.8 Å². The number of aryl methyl sites for hydroxylation is 1. The third-order valence-corrected chi connectivity index (χ3v) is 5.16. The van der Waals surface area contributed by atoms with Gasteiger partial charge in [-0.1, -0.05) is 36.3 Å². The van der Waals surface area contributed by atoms with Gasteiger partial charge >= 0.3 is 0 Å². The van der Waals surface area contributed by atoms with E-state index in [-0.39, 0.29) is 11.4 Å². The lowest BCUT2D eigenvalue weighted by atomic mass is 10.1. The molecule has 7 heteroatoms. The van der Waals surface area contributed by atoms with E-state index in [4.69, 9.17) is 0 Å². The Hall–Kier alpha value is -0.0100. The predicted octanol–water partition coefficient (Wildman–Crippen LogP) is 2.12. The number of nitrogens with one attached hydrogen (secondary N) is 1. The number of aromatic nitrogens is 2. The van der Waals surface area contributed by atoms with Gasteiger partial charge in [0, 0.05) is 10.7 Å². The number of hydrogen-bond donors (Lipinski definition) is 1. The highest BCUT2D eigenvalue weighted by molar-refractivity contribution is 9.09. The molecule has 0 aliphatic carbocycles. The van der Waals surface area contributed by atoms with E-state index in [0.717, 1.165) is 11.5 Å². The molecular weight excluding hydrogens is 346 g/mol. The molecule has 1 amide bonds. The molecule has 1 N–H and O–H groups in total. The van der Waals surface area contributed by atoms with E-state index in [1.54, 1.807) is 6.92 Å². The molecule has 0 aliphatic rings. The van der Waals surface area contributed by atoms with Crippen LogP contribution in [-0.4, -0.2) is 31.7 Å². The Balaban J connectivity index is 2.76. The standard InChI is InChI=1S/C8H11Br2N3OS/c1-5-6(15-13-12-5)7(14)11-8(2,3-9)4-10/h3-4H2,1-2H3,(H,11,14). The van der Waals surface area contributed by atoms with Crippen molar-refractivity contribution in [1.29, 1.82) is 0 Å². The third-order valence-electron chi connectivity index (χ3n) is 1.86. The van der Waals surface area contributed by atoms with E-state index in [1.807, 2.05) is 6.92 Å². The molecule has 0 saturated carbocycles. The van der Waals surface area contributed by atoms with Gasteiger partial charge in [-0.15, -0.1) is 5.10 Å². The van der Waals surface area contributed by atoms with Gasteiger partial charge in [0.25, 0.3) is 5.91 Å². The molecule has 0 saturated heterocycles. The molecule has 84 valence electrons. The lowest BCUT2D eigenvalue weighted by molar-refractivity contribution is 0.0926. The van der Waals surface area contributed by atoms with Crippen LogP contribution < -0.4 is 5.32 Å². The molecule has 0 atom stereocenters. The Morgan fingerprint density at radius 1 is 1.53 bits per heavy atom. The maximum Gasteiger partial charge on any atom is 0.265 e. The zero-order valence-electron chi connectivity index (χ0n) is 8.38. The fraction of sp³-hybridized carbons (Fsp3) is 0.625. The van der Waals surface area contributed by atoms with Crippen LogP contribution in [0.1, 0.15) is 22.3 Å². The van der Waals surface area contributed by atoms with Crippen molar-refractivity contribution in [3.8, 4) is 0 Å². The van der Waals surface area contributed by atoms with Crippen molar-refractivity contribution in [2.75, 3.05) is 10.7 Å². The van der Waals surface area contributed by atoms with E-state index >= 15 is 0 Å². The van der Waals surface area contributed by atoms with Crippen LogP contribution in [0.5, 0.6) is 0 Å². The number of carbonyl (C=O) groups excluding carboxylic acids is 1. The topological polar surface area (TPSA) is 54.9 Å². The Labute approximate surface area is 109 Å². The first-order valence-electron chi connectivity index (χ1n) is 4.26. The molecule has 1 aromatic heterocycles. The van der Waals surface area contributed by atoms with E-state index in [1.165, 1.54) is 0 Å². The van der Waals surface area contributed by atoms with Crippen LogP contribution in [0.15, 0.2) is 0 Å². The summed E-state index contributed by atoms with van der Waals surface area (Å²) < 4.78 is 3.73. The molecule has 0 bridgehead atoms. The van der Waals surface area contributed by atoms with Crippen molar-refractivity contribution < 1.29 is 4.79 Å². The monoisotopic (exact) mass is 355 g/mol. The van der Waals surface area contributed by atoms with Crippen molar-refractivity contribution in [3.05, 3.63) is 10.6 Å². The summed E-state index contributed by atoms with van der Waals surface area (Å²) in [5.41, 5.74) is 0.372. The quantitative estimate of drug-likeness (QED) is 0.841. The molecule has 0 aliphatic heterocycles. The van der Waals surface area contributed by atoms with Crippen LogP contribution in [-0.2, 0) is 0 Å². The van der Waals surface area contributed by atoms with Crippen LogP contribution in [0.2, 0.25) is 0 Å². The predicted molar refractivity (Wildman–Crippen MR) is 68.1 cm³/mol. The normalized spacial score (nSPS) is 11.5. The Morgan fingerprint density at radius 3 is 2.53 bits per heavy atom. The van der Waals surface area contributed by atoms with Crippen LogP contribution in [0.4, 0.5) is 0 Å². The SMILES string of the molecule is Cc1nnsc1C(=O)NC(C)(CBr)CBr. The van der Waals surface area contributed by atoms with Gasteiger partial charge < -0.3 is 5.32 Å². The fourth-order valence-corrected chi connectivity index (χ4v) is 2.63. The first-order chi connectivity index (χ1) is 7.02. The molecule has 1 rings (SSSR count). The maximum absolute atomic E-state index is 11.8. The molecule has 0 fully saturated rings. The molecule has 0 spiro atoms. The minimum Gasteiger partial charge on any atom is -0.344 e. The van der Waals surface area contributed by atoms with Gasteiger partial charge in [-0.05, 0) is 25.4 Å². The molecule has 0 unspecified atom stereocenters. The third kappa shape index (κ3) is 3.22. The van der Waals surface area contributed by atoms with Crippen molar-refractivity contribution >= 4 is 49.3 Å². The van der Waals surface area contributed by atoms with Crippen molar-refractivity contribution in [1.82, 2.24) is 14.9 Å². The van der Waals surface area contributed by atoms with Gasteiger partial charge in [-0.2, -0.15) is 0 Å². The zero-order chi connectivity index (χ0) is 11.5. The van der Waals surface area contributed by atoms with Gasteiger partial charge in [0.2, 0.25) is 0 Å². The number of nitrogens with zero attached hydrogens (tertiary/aromatic N) is 2. The highest BCUT2D eigenvalue weighted by Gasteiger charge is 2.26. The van der Waals surface area contributed by atoms with Gasteiger partial charge in [-0.25, -0.2) is 0 Å². The second-order valence-electron chi connectivity index (χ2n) is 3.47. The van der Waals surface area contributed by atoms with Crippen LogP contribution in [0.3, 0.4) is 0 Å². The number of amides is 1. The summed E-state index contributed by atoms with van der Waals surface area (Å²) in [6, 6.07) is 0. The lowest BCUT2D eigenvalue weighted by Crippen LogP contribution is -2.48. The van der Waals surface area contributed by atoms with E-state index < -0.39 is 0 Å². The molecule has 15 heavy (non-hydrogen) atoms. The average molecular weight is 357 g/mol. The maximum atomic E-state index is 11.8. The second kappa shape index (κ2) is 5.36. The van der Waals surface area contributed by atoms with Gasteiger partial charge in [0.05, 0.1) is 11.2 Å². The molecule has 1 aromatic rings. The van der Waals surface area contributed by atoms with Crippen molar-refractivity contribution in [2.45, 2.75) is 19.4 Å². The summed E-state index contributed by atoms with van der Waals surface area (Å²) in [5.74, 6) is -0.121. The highest BCUT2D eigenvalue weighted by Crippen LogP contribution is 2.15.